The van der Waals surface area contributed by atoms with Gasteiger partial charge in [-0.1, -0.05) is 48.7 Å². The number of hydrogen-bond donors (Lipinski definition) is 1. The summed E-state index contributed by atoms with van der Waals surface area (Å²) in [6.45, 7) is 6.41. The van der Waals surface area contributed by atoms with E-state index >= 15 is 0 Å². The number of nitrogens with one attached hydrogen (secondary N) is 1. The number of ether oxygens (including phenoxy) is 1. The Morgan fingerprint density at radius 3 is 2.52 bits per heavy atom. The molecule has 0 aliphatic carbocycles. The molecule has 1 aliphatic rings. The summed E-state index contributed by atoms with van der Waals surface area (Å²) in [7, 11) is 0. The van der Waals surface area contributed by atoms with E-state index in [4.69, 9.17) is 4.74 Å². The average molecular weight is 373 g/mol. The number of para-hydroxylation sites is 1. The van der Waals surface area contributed by atoms with Crippen molar-refractivity contribution in [2.45, 2.75) is 16.7 Å². The van der Waals surface area contributed by atoms with Crippen molar-refractivity contribution < 1.29 is 9.53 Å². The van der Waals surface area contributed by atoms with Crippen LogP contribution in [0.25, 0.3) is 5.57 Å². The molecule has 3 nitrogen and oxygen atoms in total. The third-order valence-electron chi connectivity index (χ3n) is 4.43. The minimum Gasteiger partial charge on any atom is -0.462 e. The lowest BCUT2D eigenvalue weighted by molar-refractivity contribution is 0.0526. The molecule has 0 spiro atoms. The standard InChI is InChI=1S/C23H19NO2S/c1-3-26-23(25)18-8-6-7-16(13-18)15(2)17-11-12-22-20(14-17)24-19-9-4-5-10-21(19)27-22/h4-14,24H,2-3H2,1H3. The second-order valence-corrected chi connectivity index (χ2v) is 7.30. The molecular formula is C23H19NO2S. The number of rotatable bonds is 4. The first-order chi connectivity index (χ1) is 13.2. The summed E-state index contributed by atoms with van der Waals surface area (Å²) in [5.74, 6) is -0.313. The molecule has 0 radical (unpaired) electrons. The normalized spacial score (nSPS) is 11.7. The van der Waals surface area contributed by atoms with E-state index < -0.39 is 0 Å². The van der Waals surface area contributed by atoms with Crippen molar-refractivity contribution in [1.29, 1.82) is 0 Å². The Balaban J connectivity index is 1.63. The van der Waals surface area contributed by atoms with E-state index in [0.717, 1.165) is 28.1 Å². The maximum absolute atomic E-state index is 12.0. The van der Waals surface area contributed by atoms with Crippen LogP contribution in [0.2, 0.25) is 0 Å². The van der Waals surface area contributed by atoms with Crippen LogP contribution < -0.4 is 5.32 Å². The van der Waals surface area contributed by atoms with Crippen LogP contribution in [0.3, 0.4) is 0 Å². The molecule has 0 bridgehead atoms. The highest BCUT2D eigenvalue weighted by molar-refractivity contribution is 7.99. The molecule has 3 aromatic rings. The predicted molar refractivity (Wildman–Crippen MR) is 111 cm³/mol. The Bertz CT molecular complexity index is 1040. The summed E-state index contributed by atoms with van der Waals surface area (Å²) in [6.07, 6.45) is 0. The molecule has 1 N–H and O–H groups in total. The Labute approximate surface area is 163 Å². The summed E-state index contributed by atoms with van der Waals surface area (Å²) in [5, 5.41) is 3.50. The van der Waals surface area contributed by atoms with E-state index in [1.54, 1.807) is 24.8 Å². The Morgan fingerprint density at radius 2 is 1.67 bits per heavy atom. The molecule has 4 rings (SSSR count). The molecule has 0 amide bonds. The van der Waals surface area contributed by atoms with E-state index in [1.165, 1.54) is 9.79 Å². The van der Waals surface area contributed by atoms with E-state index in [2.05, 4.69) is 42.2 Å². The van der Waals surface area contributed by atoms with Gasteiger partial charge >= 0.3 is 5.97 Å². The van der Waals surface area contributed by atoms with E-state index in [1.807, 2.05) is 30.3 Å². The predicted octanol–water partition coefficient (Wildman–Crippen LogP) is 6.13. The summed E-state index contributed by atoms with van der Waals surface area (Å²) < 4.78 is 5.09. The second kappa shape index (κ2) is 7.33. The van der Waals surface area contributed by atoms with Gasteiger partial charge in [-0.05, 0) is 60.0 Å². The third-order valence-corrected chi connectivity index (χ3v) is 5.58. The Morgan fingerprint density at radius 1 is 0.926 bits per heavy atom. The number of anilines is 2. The fraction of sp³-hybridized carbons (Fsp3) is 0.0870. The van der Waals surface area contributed by atoms with Gasteiger partial charge in [-0.3, -0.25) is 0 Å². The molecule has 0 atom stereocenters. The molecule has 4 heteroatoms. The molecule has 1 heterocycles. The minimum absolute atomic E-state index is 0.313. The third kappa shape index (κ3) is 3.49. The molecule has 0 fully saturated rings. The van der Waals surface area contributed by atoms with Crippen molar-refractivity contribution in [3.05, 3.63) is 90.0 Å². The quantitative estimate of drug-likeness (QED) is 0.437. The van der Waals surface area contributed by atoms with Gasteiger partial charge in [0.05, 0.1) is 23.5 Å². The highest BCUT2D eigenvalue weighted by Crippen LogP contribution is 2.44. The van der Waals surface area contributed by atoms with Crippen LogP contribution in [-0.2, 0) is 4.74 Å². The summed E-state index contributed by atoms with van der Waals surface area (Å²) in [6, 6.07) is 22.0. The largest absolute Gasteiger partial charge is 0.462 e. The van der Waals surface area contributed by atoms with Crippen LogP contribution in [-0.4, -0.2) is 12.6 Å². The molecule has 134 valence electrons. The summed E-state index contributed by atoms with van der Waals surface area (Å²) in [4.78, 5) is 14.4. The molecule has 3 aromatic carbocycles. The van der Waals surface area contributed by atoms with Crippen molar-refractivity contribution in [2.24, 2.45) is 0 Å². The zero-order valence-electron chi connectivity index (χ0n) is 15.0. The van der Waals surface area contributed by atoms with Crippen LogP contribution >= 0.6 is 11.8 Å². The van der Waals surface area contributed by atoms with Crippen LogP contribution in [0.4, 0.5) is 11.4 Å². The molecule has 0 aromatic heterocycles. The first kappa shape index (κ1) is 17.4. The molecule has 1 aliphatic heterocycles. The van der Waals surface area contributed by atoms with Gasteiger partial charge in [0.25, 0.3) is 0 Å². The Hall–Kier alpha value is -2.98. The molecule has 0 saturated heterocycles. The molecule has 27 heavy (non-hydrogen) atoms. The van der Waals surface area contributed by atoms with Crippen molar-refractivity contribution in [3.63, 3.8) is 0 Å². The Kier molecular flexibility index (Phi) is 4.73. The molecule has 0 unspecified atom stereocenters. The lowest BCUT2D eigenvalue weighted by Gasteiger charge is -2.21. The van der Waals surface area contributed by atoms with Gasteiger partial charge in [-0.25, -0.2) is 4.79 Å². The van der Waals surface area contributed by atoms with Gasteiger partial charge in [0.15, 0.2) is 0 Å². The van der Waals surface area contributed by atoms with Crippen LogP contribution in [0, 0.1) is 0 Å². The number of hydrogen-bond acceptors (Lipinski definition) is 4. The molecular weight excluding hydrogens is 354 g/mol. The van der Waals surface area contributed by atoms with E-state index in [-0.39, 0.29) is 5.97 Å². The molecule has 0 saturated carbocycles. The number of esters is 1. The smallest absolute Gasteiger partial charge is 0.338 e. The maximum atomic E-state index is 12.0. The van der Waals surface area contributed by atoms with Crippen molar-refractivity contribution in [1.82, 2.24) is 0 Å². The van der Waals surface area contributed by atoms with Crippen LogP contribution in [0.5, 0.6) is 0 Å². The summed E-state index contributed by atoms with van der Waals surface area (Å²) in [5.41, 5.74) is 5.51. The lowest BCUT2D eigenvalue weighted by Crippen LogP contribution is -2.05. The second-order valence-electron chi connectivity index (χ2n) is 6.21. The topological polar surface area (TPSA) is 38.3 Å². The van der Waals surface area contributed by atoms with E-state index in [0.29, 0.717) is 12.2 Å². The van der Waals surface area contributed by atoms with Crippen LogP contribution in [0.15, 0.2) is 83.1 Å². The van der Waals surface area contributed by atoms with Crippen molar-refractivity contribution in [3.8, 4) is 0 Å². The SMILES string of the molecule is C=C(c1cccc(C(=O)OCC)c1)c1ccc2c(c1)Nc1ccccc1S2. The van der Waals surface area contributed by atoms with Gasteiger partial charge in [0, 0.05) is 9.79 Å². The lowest BCUT2D eigenvalue weighted by atomic mass is 9.97. The zero-order valence-corrected chi connectivity index (χ0v) is 15.8. The van der Waals surface area contributed by atoms with Crippen molar-refractivity contribution in [2.75, 3.05) is 11.9 Å². The first-order valence-corrected chi connectivity index (χ1v) is 9.62. The number of carbonyl (C=O) groups excluding carboxylic acids is 1. The van der Waals surface area contributed by atoms with Gasteiger partial charge < -0.3 is 10.1 Å². The van der Waals surface area contributed by atoms with Crippen molar-refractivity contribution >= 4 is 34.7 Å². The maximum Gasteiger partial charge on any atom is 0.338 e. The number of fused-ring (bicyclic) bond motifs is 2. The number of benzene rings is 3. The highest BCUT2D eigenvalue weighted by atomic mass is 32.2. The van der Waals surface area contributed by atoms with Gasteiger partial charge in [-0.2, -0.15) is 0 Å². The van der Waals surface area contributed by atoms with Gasteiger partial charge in [0.2, 0.25) is 0 Å². The average Bonchev–Trinajstić information content (AvgIpc) is 2.71. The minimum atomic E-state index is -0.313. The number of carbonyl (C=O) groups is 1. The van der Waals surface area contributed by atoms with Crippen LogP contribution in [0.1, 0.15) is 28.4 Å². The van der Waals surface area contributed by atoms with Gasteiger partial charge in [0.1, 0.15) is 0 Å². The zero-order chi connectivity index (χ0) is 18.8. The van der Waals surface area contributed by atoms with E-state index in [9.17, 15) is 4.79 Å². The fourth-order valence-corrected chi connectivity index (χ4v) is 4.01. The highest BCUT2D eigenvalue weighted by Gasteiger charge is 2.16. The first-order valence-electron chi connectivity index (χ1n) is 8.80. The monoisotopic (exact) mass is 373 g/mol. The van der Waals surface area contributed by atoms with Gasteiger partial charge in [-0.15, -0.1) is 0 Å². The summed E-state index contributed by atoms with van der Waals surface area (Å²) >= 11 is 1.76. The fourth-order valence-electron chi connectivity index (χ4n) is 3.04.